The van der Waals surface area contributed by atoms with Crippen molar-refractivity contribution in [2.24, 2.45) is 11.7 Å². The number of hydrogen-bond donors (Lipinski definition) is 1. The molecule has 0 aromatic rings. The van der Waals surface area contributed by atoms with Gasteiger partial charge in [0.2, 0.25) is 0 Å². The topological polar surface area (TPSA) is 43.1 Å². The second-order valence-electron chi connectivity index (χ2n) is 4.21. The van der Waals surface area contributed by atoms with Crippen LogP contribution < -0.4 is 5.73 Å². The Morgan fingerprint density at radius 3 is 2.77 bits per heavy atom. The molecule has 1 aliphatic carbocycles. The van der Waals surface area contributed by atoms with Gasteiger partial charge in [-0.2, -0.15) is 0 Å². The zero-order valence-electron chi connectivity index (χ0n) is 8.66. The van der Waals surface area contributed by atoms with Crippen molar-refractivity contribution in [3.63, 3.8) is 0 Å². The van der Waals surface area contributed by atoms with Crippen LogP contribution in [0.25, 0.3) is 0 Å². The molecule has 1 saturated carbocycles. The van der Waals surface area contributed by atoms with Gasteiger partial charge in [-0.15, -0.1) is 0 Å². The number of hydrogen-bond acceptors (Lipinski definition) is 2. The maximum atomic E-state index is 11.8. The van der Waals surface area contributed by atoms with Crippen LogP contribution in [0.1, 0.15) is 39.5 Å². The molecule has 1 rings (SSSR count). The van der Waals surface area contributed by atoms with Crippen molar-refractivity contribution in [2.45, 2.75) is 50.8 Å². The van der Waals surface area contributed by atoms with E-state index in [2.05, 4.69) is 13.8 Å². The Morgan fingerprint density at radius 1 is 1.46 bits per heavy atom. The Morgan fingerprint density at radius 2 is 2.15 bits per heavy atom. The van der Waals surface area contributed by atoms with E-state index in [1.54, 1.807) is 0 Å². The Labute approximate surface area is 83.7 Å². The summed E-state index contributed by atoms with van der Waals surface area (Å²) in [5, 5.41) is 0.267. The predicted octanol–water partition coefficient (Wildman–Crippen LogP) is 1.66. The second kappa shape index (κ2) is 5.11. The normalized spacial score (nSPS) is 37.3. The fourth-order valence-electron chi connectivity index (χ4n) is 2.01. The maximum Gasteiger partial charge on any atom is 0.0501 e. The Kier molecular flexibility index (Phi) is 4.39. The van der Waals surface area contributed by atoms with Crippen molar-refractivity contribution in [3.05, 3.63) is 0 Å². The predicted molar refractivity (Wildman–Crippen MR) is 58.1 cm³/mol. The van der Waals surface area contributed by atoms with E-state index >= 15 is 0 Å². The van der Waals surface area contributed by atoms with Crippen LogP contribution in [0.4, 0.5) is 0 Å². The smallest absolute Gasteiger partial charge is 0.0501 e. The van der Waals surface area contributed by atoms with E-state index in [0.29, 0.717) is 5.92 Å². The number of nitrogens with two attached hydrogens (primary N) is 1. The molecule has 2 nitrogen and oxygen atoms in total. The van der Waals surface area contributed by atoms with Gasteiger partial charge >= 0.3 is 0 Å². The Balaban J connectivity index is 2.50. The standard InChI is InChI=1S/C10H21NOS/c1-3-6-13(12)10-7-8(2)4-5-9(10)11/h8-10H,3-7,11H2,1-2H3. The van der Waals surface area contributed by atoms with Crippen LogP contribution in [0, 0.1) is 5.92 Å². The van der Waals surface area contributed by atoms with Crippen molar-refractivity contribution in [2.75, 3.05) is 5.75 Å². The van der Waals surface area contributed by atoms with E-state index in [9.17, 15) is 4.21 Å². The molecule has 0 aliphatic heterocycles. The van der Waals surface area contributed by atoms with Crippen LogP contribution in [0.5, 0.6) is 0 Å². The van der Waals surface area contributed by atoms with Crippen LogP contribution in [0.2, 0.25) is 0 Å². The first-order valence-electron chi connectivity index (χ1n) is 5.28. The van der Waals surface area contributed by atoms with Gasteiger partial charge in [-0.3, -0.25) is 4.21 Å². The monoisotopic (exact) mass is 203 g/mol. The summed E-state index contributed by atoms with van der Waals surface area (Å²) in [4.78, 5) is 0. The molecule has 0 aromatic carbocycles. The van der Waals surface area contributed by atoms with Gasteiger partial charge in [0.1, 0.15) is 0 Å². The van der Waals surface area contributed by atoms with Crippen LogP contribution in [0.3, 0.4) is 0 Å². The van der Waals surface area contributed by atoms with Gasteiger partial charge in [0.05, 0.1) is 5.25 Å². The van der Waals surface area contributed by atoms with Crippen LogP contribution in [0.15, 0.2) is 0 Å². The van der Waals surface area contributed by atoms with Gasteiger partial charge in [0.15, 0.2) is 0 Å². The average Bonchev–Trinajstić information content (AvgIpc) is 2.09. The molecule has 4 unspecified atom stereocenters. The molecule has 0 aromatic heterocycles. The summed E-state index contributed by atoms with van der Waals surface area (Å²) in [6.45, 7) is 4.32. The largest absolute Gasteiger partial charge is 0.327 e. The van der Waals surface area contributed by atoms with Crippen molar-refractivity contribution in [1.29, 1.82) is 0 Å². The summed E-state index contributed by atoms with van der Waals surface area (Å²) in [7, 11) is -0.682. The van der Waals surface area contributed by atoms with Gasteiger partial charge in [0.25, 0.3) is 0 Å². The van der Waals surface area contributed by atoms with Gasteiger partial charge in [-0.25, -0.2) is 0 Å². The molecule has 1 fully saturated rings. The summed E-state index contributed by atoms with van der Waals surface area (Å²) in [6, 6.07) is 0.184. The van der Waals surface area contributed by atoms with Crippen LogP contribution in [-0.2, 0) is 10.8 Å². The minimum atomic E-state index is -0.682. The van der Waals surface area contributed by atoms with Gasteiger partial charge in [-0.1, -0.05) is 13.8 Å². The van der Waals surface area contributed by atoms with Crippen molar-refractivity contribution >= 4 is 10.8 Å². The van der Waals surface area contributed by atoms with E-state index < -0.39 is 10.8 Å². The maximum absolute atomic E-state index is 11.8. The molecule has 0 spiro atoms. The summed E-state index contributed by atoms with van der Waals surface area (Å²) in [5.41, 5.74) is 5.98. The Bertz CT molecular complexity index is 184. The molecule has 0 saturated heterocycles. The fourth-order valence-corrected chi connectivity index (χ4v) is 3.78. The van der Waals surface area contributed by atoms with Gasteiger partial charge in [-0.05, 0) is 31.6 Å². The highest BCUT2D eigenvalue weighted by molar-refractivity contribution is 7.85. The minimum Gasteiger partial charge on any atom is -0.327 e. The van der Waals surface area contributed by atoms with Crippen molar-refractivity contribution in [3.8, 4) is 0 Å². The molecule has 1 aliphatic rings. The minimum absolute atomic E-state index is 0.184. The van der Waals surface area contributed by atoms with E-state index in [1.165, 1.54) is 6.42 Å². The lowest BCUT2D eigenvalue weighted by molar-refractivity contribution is 0.353. The lowest BCUT2D eigenvalue weighted by Gasteiger charge is -2.31. The van der Waals surface area contributed by atoms with E-state index in [-0.39, 0.29) is 11.3 Å². The summed E-state index contributed by atoms with van der Waals surface area (Å²) in [6.07, 6.45) is 4.33. The first-order chi connectivity index (χ1) is 6.15. The molecule has 0 radical (unpaired) electrons. The molecule has 2 N–H and O–H groups in total. The molecule has 13 heavy (non-hydrogen) atoms. The highest BCUT2D eigenvalue weighted by Gasteiger charge is 2.29. The van der Waals surface area contributed by atoms with E-state index in [0.717, 1.165) is 25.0 Å². The molecule has 78 valence electrons. The third-order valence-corrected chi connectivity index (χ3v) is 4.88. The molecule has 0 heterocycles. The molecule has 4 atom stereocenters. The zero-order valence-corrected chi connectivity index (χ0v) is 9.48. The quantitative estimate of drug-likeness (QED) is 0.758. The zero-order chi connectivity index (χ0) is 9.84. The number of rotatable bonds is 3. The van der Waals surface area contributed by atoms with Gasteiger partial charge < -0.3 is 5.73 Å². The van der Waals surface area contributed by atoms with Crippen molar-refractivity contribution < 1.29 is 4.21 Å². The average molecular weight is 203 g/mol. The Hall–Kier alpha value is 0.110. The highest BCUT2D eigenvalue weighted by Crippen LogP contribution is 2.26. The van der Waals surface area contributed by atoms with Gasteiger partial charge in [0, 0.05) is 22.6 Å². The fraction of sp³-hybridized carbons (Fsp3) is 1.00. The van der Waals surface area contributed by atoms with Crippen LogP contribution >= 0.6 is 0 Å². The second-order valence-corrected chi connectivity index (χ2v) is 5.98. The lowest BCUT2D eigenvalue weighted by atomic mass is 9.87. The summed E-state index contributed by atoms with van der Waals surface area (Å²) < 4.78 is 11.8. The van der Waals surface area contributed by atoms with E-state index in [1.807, 2.05) is 0 Å². The highest BCUT2D eigenvalue weighted by atomic mass is 32.2. The molecular weight excluding hydrogens is 182 g/mol. The first kappa shape index (κ1) is 11.2. The van der Waals surface area contributed by atoms with Crippen molar-refractivity contribution in [1.82, 2.24) is 0 Å². The molecule has 3 heteroatoms. The summed E-state index contributed by atoms with van der Waals surface area (Å²) >= 11 is 0. The molecule has 0 amide bonds. The lowest BCUT2D eigenvalue weighted by Crippen LogP contribution is -2.43. The molecular formula is C10H21NOS. The summed E-state index contributed by atoms with van der Waals surface area (Å²) in [5.74, 6) is 1.54. The van der Waals surface area contributed by atoms with Crippen LogP contribution in [-0.4, -0.2) is 21.3 Å². The first-order valence-corrected chi connectivity index (χ1v) is 6.66. The third kappa shape index (κ3) is 3.06. The third-order valence-electron chi connectivity index (χ3n) is 2.85. The molecule has 0 bridgehead atoms. The SMILES string of the molecule is CCCS(=O)C1CC(C)CCC1N. The van der Waals surface area contributed by atoms with E-state index in [4.69, 9.17) is 5.73 Å².